The molecular weight excluding hydrogens is 380 g/mol. The molecule has 6 nitrogen and oxygen atoms in total. The standard InChI is InChI=1S/C24H20N2O4/c1-4-13-8-7-9-18-20(13)14(5-2)15-11-26-19(21(15)25-18)10-17-16(22(26)27)12-30-23(28)24(17,29)6-3/h1,7-10,29H,5-6,11-12H2,2-3H3/t24-/m0/s1. The maximum Gasteiger partial charge on any atom is 0.343 e. The Morgan fingerprint density at radius 3 is 2.80 bits per heavy atom. The number of aromatic nitrogens is 2. The highest BCUT2D eigenvalue weighted by Crippen LogP contribution is 2.40. The number of ether oxygens (including phenoxy) is 1. The molecule has 0 saturated carbocycles. The quantitative estimate of drug-likeness (QED) is 0.413. The smallest absolute Gasteiger partial charge is 0.343 e. The third-order valence-corrected chi connectivity index (χ3v) is 6.34. The molecule has 0 saturated heterocycles. The number of fused-ring (bicyclic) bond motifs is 5. The Kier molecular flexibility index (Phi) is 3.89. The first kappa shape index (κ1) is 18.6. The molecule has 30 heavy (non-hydrogen) atoms. The van der Waals surface area contributed by atoms with Gasteiger partial charge in [-0.3, -0.25) is 4.79 Å². The van der Waals surface area contributed by atoms with Crippen LogP contribution in [0.25, 0.3) is 22.3 Å². The molecule has 1 N–H and O–H groups in total. The van der Waals surface area contributed by atoms with E-state index in [9.17, 15) is 14.7 Å². The van der Waals surface area contributed by atoms with Crippen LogP contribution in [0.1, 0.15) is 48.1 Å². The van der Waals surface area contributed by atoms with Crippen LogP contribution in [0.2, 0.25) is 0 Å². The number of nitrogens with zero attached hydrogens (tertiary/aromatic N) is 2. The van der Waals surface area contributed by atoms with Crippen LogP contribution in [0.5, 0.6) is 0 Å². The Balaban J connectivity index is 1.86. The molecule has 1 aromatic carbocycles. The predicted octanol–water partition coefficient (Wildman–Crippen LogP) is 2.62. The number of hydrogen-bond donors (Lipinski definition) is 1. The Hall–Kier alpha value is -3.43. The number of benzene rings is 1. The Bertz CT molecular complexity index is 1360. The van der Waals surface area contributed by atoms with E-state index in [1.54, 1.807) is 17.6 Å². The summed E-state index contributed by atoms with van der Waals surface area (Å²) in [7, 11) is 0. The molecule has 0 spiro atoms. The number of carbonyl (C=O) groups excluding carboxylic acids is 1. The summed E-state index contributed by atoms with van der Waals surface area (Å²) in [4.78, 5) is 30.4. The molecule has 2 aromatic heterocycles. The maximum absolute atomic E-state index is 13.3. The van der Waals surface area contributed by atoms with Gasteiger partial charge in [0.2, 0.25) is 0 Å². The van der Waals surface area contributed by atoms with Crippen molar-refractivity contribution in [1.29, 1.82) is 0 Å². The summed E-state index contributed by atoms with van der Waals surface area (Å²) in [5, 5.41) is 11.9. The number of aliphatic hydroxyl groups is 1. The lowest BCUT2D eigenvalue weighted by Gasteiger charge is -2.31. The summed E-state index contributed by atoms with van der Waals surface area (Å²) in [5.41, 5.74) is 3.44. The largest absolute Gasteiger partial charge is 0.458 e. The van der Waals surface area contributed by atoms with Crippen LogP contribution in [-0.4, -0.2) is 20.6 Å². The second kappa shape index (κ2) is 6.28. The lowest BCUT2D eigenvalue weighted by molar-refractivity contribution is -0.172. The minimum atomic E-state index is -1.83. The van der Waals surface area contributed by atoms with Crippen molar-refractivity contribution in [3.63, 3.8) is 0 Å². The van der Waals surface area contributed by atoms with Gasteiger partial charge in [-0.25, -0.2) is 9.78 Å². The van der Waals surface area contributed by atoms with Gasteiger partial charge in [-0.2, -0.15) is 0 Å². The predicted molar refractivity (Wildman–Crippen MR) is 112 cm³/mol. The first-order valence-corrected chi connectivity index (χ1v) is 10.0. The van der Waals surface area contributed by atoms with E-state index in [0.717, 1.165) is 34.0 Å². The van der Waals surface area contributed by atoms with Gasteiger partial charge in [0.25, 0.3) is 5.56 Å². The van der Waals surface area contributed by atoms with Gasteiger partial charge in [-0.1, -0.05) is 25.8 Å². The topological polar surface area (TPSA) is 81.4 Å². The van der Waals surface area contributed by atoms with Gasteiger partial charge in [-0.05, 0) is 36.6 Å². The van der Waals surface area contributed by atoms with Crippen molar-refractivity contribution in [3.05, 3.63) is 62.4 Å². The number of aryl methyl sites for hydroxylation is 1. The minimum absolute atomic E-state index is 0.117. The van der Waals surface area contributed by atoms with Gasteiger partial charge in [-0.15, -0.1) is 6.42 Å². The van der Waals surface area contributed by atoms with Crippen LogP contribution in [0.3, 0.4) is 0 Å². The fourth-order valence-electron chi connectivity index (χ4n) is 4.74. The van der Waals surface area contributed by atoms with E-state index in [2.05, 4.69) is 12.8 Å². The Morgan fingerprint density at radius 2 is 2.10 bits per heavy atom. The van der Waals surface area contributed by atoms with Crippen LogP contribution < -0.4 is 5.56 Å². The van der Waals surface area contributed by atoms with Gasteiger partial charge in [0.1, 0.15) is 6.61 Å². The molecule has 6 heteroatoms. The summed E-state index contributed by atoms with van der Waals surface area (Å²) in [6.07, 6.45) is 6.58. The number of carbonyl (C=O) groups is 1. The summed E-state index contributed by atoms with van der Waals surface area (Å²) in [6.45, 7) is 3.99. The van der Waals surface area contributed by atoms with Crippen LogP contribution in [-0.2, 0) is 34.7 Å². The average molecular weight is 400 g/mol. The second-order valence-corrected chi connectivity index (χ2v) is 7.72. The monoisotopic (exact) mass is 400 g/mol. The van der Waals surface area contributed by atoms with Gasteiger partial charge < -0.3 is 14.4 Å². The van der Waals surface area contributed by atoms with E-state index >= 15 is 0 Å². The minimum Gasteiger partial charge on any atom is -0.458 e. The highest BCUT2D eigenvalue weighted by molar-refractivity contribution is 5.93. The third-order valence-electron chi connectivity index (χ3n) is 6.34. The molecule has 5 rings (SSSR count). The number of cyclic esters (lactones) is 1. The number of rotatable bonds is 2. The van der Waals surface area contributed by atoms with Gasteiger partial charge >= 0.3 is 5.97 Å². The van der Waals surface area contributed by atoms with Crippen LogP contribution in [0.15, 0.2) is 29.1 Å². The van der Waals surface area contributed by atoms with Crippen LogP contribution >= 0.6 is 0 Å². The van der Waals surface area contributed by atoms with E-state index in [-0.39, 0.29) is 18.6 Å². The molecule has 2 aliphatic rings. The maximum atomic E-state index is 13.3. The van der Waals surface area contributed by atoms with Gasteiger partial charge in [0.15, 0.2) is 5.60 Å². The lowest BCUT2D eigenvalue weighted by Crippen LogP contribution is -2.44. The lowest BCUT2D eigenvalue weighted by atomic mass is 9.86. The Labute approximate surface area is 173 Å². The van der Waals surface area contributed by atoms with Gasteiger partial charge in [0, 0.05) is 22.1 Å². The van der Waals surface area contributed by atoms with E-state index in [1.165, 1.54) is 0 Å². The first-order valence-electron chi connectivity index (χ1n) is 10.0. The molecule has 0 radical (unpaired) electrons. The second-order valence-electron chi connectivity index (χ2n) is 7.72. The average Bonchev–Trinajstić information content (AvgIpc) is 3.13. The summed E-state index contributed by atoms with van der Waals surface area (Å²) in [6, 6.07) is 7.41. The molecule has 0 bridgehead atoms. The zero-order chi connectivity index (χ0) is 21.2. The van der Waals surface area contributed by atoms with E-state index < -0.39 is 11.6 Å². The SMILES string of the molecule is C#Cc1cccc2nc3c(c(CC)c12)Cn1c-3cc2c(c1=O)COC(=O)[C@]2(O)CC. The molecule has 0 aliphatic carbocycles. The zero-order valence-corrected chi connectivity index (χ0v) is 16.8. The zero-order valence-electron chi connectivity index (χ0n) is 16.8. The molecule has 1 atom stereocenters. The first-order chi connectivity index (χ1) is 14.4. The van der Waals surface area contributed by atoms with Crippen molar-refractivity contribution in [2.24, 2.45) is 0 Å². The summed E-state index contributed by atoms with van der Waals surface area (Å²) < 4.78 is 6.78. The fraction of sp³-hybridized carbons (Fsp3) is 0.292. The molecule has 0 amide bonds. The number of pyridine rings is 2. The van der Waals surface area contributed by atoms with Crippen molar-refractivity contribution in [3.8, 4) is 23.7 Å². The summed E-state index contributed by atoms with van der Waals surface area (Å²) >= 11 is 0. The van der Waals surface area contributed by atoms with Gasteiger partial charge in [0.05, 0.1) is 29.0 Å². The highest BCUT2D eigenvalue weighted by atomic mass is 16.6. The van der Waals surface area contributed by atoms with Crippen molar-refractivity contribution >= 4 is 16.9 Å². The van der Waals surface area contributed by atoms with Crippen molar-refractivity contribution < 1.29 is 14.6 Å². The molecular formula is C24H20N2O4. The molecule has 0 fully saturated rings. The van der Waals surface area contributed by atoms with E-state index in [4.69, 9.17) is 16.1 Å². The number of esters is 1. The third kappa shape index (κ3) is 2.21. The molecule has 3 aromatic rings. The highest BCUT2D eigenvalue weighted by Gasteiger charge is 2.45. The Morgan fingerprint density at radius 1 is 1.30 bits per heavy atom. The fourth-order valence-corrected chi connectivity index (χ4v) is 4.74. The number of hydrogen-bond acceptors (Lipinski definition) is 5. The van der Waals surface area contributed by atoms with Crippen molar-refractivity contribution in [2.45, 2.75) is 45.4 Å². The molecule has 150 valence electrons. The van der Waals surface area contributed by atoms with Crippen molar-refractivity contribution in [2.75, 3.05) is 0 Å². The molecule has 4 heterocycles. The molecule has 0 unspecified atom stereocenters. The summed E-state index contributed by atoms with van der Waals surface area (Å²) in [5.74, 6) is 2.02. The van der Waals surface area contributed by atoms with E-state index in [1.807, 2.05) is 18.2 Å². The number of terminal acetylenes is 1. The van der Waals surface area contributed by atoms with Crippen molar-refractivity contribution in [1.82, 2.24) is 9.55 Å². The van der Waals surface area contributed by atoms with Crippen LogP contribution in [0.4, 0.5) is 0 Å². The van der Waals surface area contributed by atoms with E-state index in [0.29, 0.717) is 29.1 Å². The molecule has 2 aliphatic heterocycles. The normalized spacial score (nSPS) is 19.1. The van der Waals surface area contributed by atoms with Crippen LogP contribution in [0, 0.1) is 12.3 Å².